The molecule has 36 heavy (non-hydrogen) atoms. The number of benzene rings is 3. The predicted octanol–water partition coefficient (Wildman–Crippen LogP) is 4.10. The van der Waals surface area contributed by atoms with Gasteiger partial charge in [0.15, 0.2) is 0 Å². The number of nitrogens with zero attached hydrogens (tertiary/aromatic N) is 3. The molecule has 6 nitrogen and oxygen atoms in total. The lowest BCUT2D eigenvalue weighted by Crippen LogP contribution is -2.54. The van der Waals surface area contributed by atoms with Crippen molar-refractivity contribution in [2.45, 2.75) is 12.0 Å². The number of piperazine rings is 1. The summed E-state index contributed by atoms with van der Waals surface area (Å²) in [4.78, 5) is 33.4. The molecule has 2 aliphatic heterocycles. The van der Waals surface area contributed by atoms with Crippen LogP contribution < -0.4 is 4.90 Å². The molecule has 186 valence electrons. The minimum absolute atomic E-state index is 0.0144. The lowest BCUT2D eigenvalue weighted by Gasteiger charge is -2.44. The molecule has 3 aromatic rings. The third kappa shape index (κ3) is 4.46. The number of halogens is 1. The fourth-order valence-electron chi connectivity index (χ4n) is 5.39. The lowest BCUT2D eigenvalue weighted by molar-refractivity contribution is -0.135. The van der Waals surface area contributed by atoms with Crippen LogP contribution in [0, 0.1) is 5.82 Å². The number of amides is 2. The van der Waals surface area contributed by atoms with Crippen LogP contribution in [0.25, 0.3) is 0 Å². The molecule has 3 aromatic carbocycles. The molecule has 0 aliphatic carbocycles. The van der Waals surface area contributed by atoms with E-state index in [4.69, 9.17) is 4.74 Å². The summed E-state index contributed by atoms with van der Waals surface area (Å²) in [6.45, 7) is 2.82. The molecule has 2 amide bonds. The zero-order valence-corrected chi connectivity index (χ0v) is 20.3. The number of fused-ring (bicyclic) bond motifs is 1. The molecule has 7 heteroatoms. The van der Waals surface area contributed by atoms with E-state index in [1.165, 1.54) is 6.07 Å². The first-order valence-electron chi connectivity index (χ1n) is 12.3. The third-order valence-corrected chi connectivity index (χ3v) is 7.17. The van der Waals surface area contributed by atoms with Crippen LogP contribution in [0.2, 0.25) is 0 Å². The Morgan fingerprint density at radius 3 is 2.31 bits per heavy atom. The maximum atomic E-state index is 14.3. The normalized spacial score (nSPS) is 19.8. The van der Waals surface area contributed by atoms with Crippen molar-refractivity contribution in [3.05, 3.63) is 101 Å². The monoisotopic (exact) mass is 487 g/mol. The number of para-hydroxylation sites is 1. The highest BCUT2D eigenvalue weighted by Crippen LogP contribution is 2.43. The van der Waals surface area contributed by atoms with Gasteiger partial charge in [0.1, 0.15) is 5.82 Å². The molecule has 1 fully saturated rings. The van der Waals surface area contributed by atoms with Gasteiger partial charge in [-0.1, -0.05) is 60.7 Å². The van der Waals surface area contributed by atoms with Gasteiger partial charge >= 0.3 is 0 Å². The topological polar surface area (TPSA) is 53.1 Å². The first-order chi connectivity index (χ1) is 17.6. The minimum atomic E-state index is -0.543. The van der Waals surface area contributed by atoms with E-state index < -0.39 is 12.0 Å². The van der Waals surface area contributed by atoms with Crippen LogP contribution in [0.15, 0.2) is 78.9 Å². The zero-order valence-electron chi connectivity index (χ0n) is 20.3. The summed E-state index contributed by atoms with van der Waals surface area (Å²) in [6.07, 6.45) is 0. The number of carbonyl (C=O) groups is 2. The Hall–Kier alpha value is -3.71. The first-order valence-corrected chi connectivity index (χ1v) is 12.3. The second-order valence-electron chi connectivity index (χ2n) is 9.18. The van der Waals surface area contributed by atoms with Gasteiger partial charge in [-0.2, -0.15) is 0 Å². The second kappa shape index (κ2) is 10.5. The predicted molar refractivity (Wildman–Crippen MR) is 136 cm³/mol. The first kappa shape index (κ1) is 24.0. The number of carbonyl (C=O) groups excluding carboxylic acids is 2. The molecule has 0 radical (unpaired) electrons. The number of ether oxygens (including phenoxy) is 1. The Morgan fingerprint density at radius 1 is 0.917 bits per heavy atom. The molecule has 0 aromatic heterocycles. The van der Waals surface area contributed by atoms with Crippen LogP contribution in [0.5, 0.6) is 0 Å². The maximum Gasteiger partial charge on any atom is 0.254 e. The van der Waals surface area contributed by atoms with Gasteiger partial charge in [-0.05, 0) is 29.3 Å². The Balaban J connectivity index is 1.48. The second-order valence-corrected chi connectivity index (χ2v) is 9.18. The van der Waals surface area contributed by atoms with E-state index >= 15 is 0 Å². The smallest absolute Gasteiger partial charge is 0.254 e. The van der Waals surface area contributed by atoms with Crippen LogP contribution in [0.1, 0.15) is 33.4 Å². The van der Waals surface area contributed by atoms with Gasteiger partial charge in [0.05, 0.1) is 24.3 Å². The quantitative estimate of drug-likeness (QED) is 0.525. The van der Waals surface area contributed by atoms with E-state index in [0.717, 1.165) is 11.1 Å². The SMILES string of the molecule is COCCN1C(=O)c2ccccc2C(C(=O)N2CCN(c3ccccc3F)CC2)C1c1ccccc1. The fourth-order valence-corrected chi connectivity index (χ4v) is 5.39. The molecule has 0 bridgehead atoms. The minimum Gasteiger partial charge on any atom is -0.383 e. The summed E-state index contributed by atoms with van der Waals surface area (Å²) in [5.41, 5.74) is 2.79. The molecule has 2 atom stereocenters. The molecule has 0 saturated carbocycles. The van der Waals surface area contributed by atoms with Crippen molar-refractivity contribution in [1.29, 1.82) is 0 Å². The average Bonchev–Trinajstić information content (AvgIpc) is 2.93. The van der Waals surface area contributed by atoms with Gasteiger partial charge in [-0.3, -0.25) is 9.59 Å². The van der Waals surface area contributed by atoms with Crippen molar-refractivity contribution in [3.8, 4) is 0 Å². The average molecular weight is 488 g/mol. The maximum absolute atomic E-state index is 14.3. The van der Waals surface area contributed by atoms with Crippen molar-refractivity contribution in [1.82, 2.24) is 9.80 Å². The van der Waals surface area contributed by atoms with Crippen molar-refractivity contribution >= 4 is 17.5 Å². The Morgan fingerprint density at radius 2 is 1.58 bits per heavy atom. The molecule has 2 aliphatic rings. The van der Waals surface area contributed by atoms with E-state index in [2.05, 4.69) is 0 Å². The molecular weight excluding hydrogens is 457 g/mol. The van der Waals surface area contributed by atoms with Gasteiger partial charge in [-0.15, -0.1) is 0 Å². The summed E-state index contributed by atoms with van der Waals surface area (Å²) >= 11 is 0. The van der Waals surface area contributed by atoms with Gasteiger partial charge in [0.25, 0.3) is 5.91 Å². The van der Waals surface area contributed by atoms with Crippen molar-refractivity contribution in [2.24, 2.45) is 0 Å². The van der Waals surface area contributed by atoms with Crippen LogP contribution in [0.3, 0.4) is 0 Å². The van der Waals surface area contributed by atoms with Gasteiger partial charge in [0.2, 0.25) is 5.91 Å². The van der Waals surface area contributed by atoms with E-state index in [9.17, 15) is 14.0 Å². The van der Waals surface area contributed by atoms with Crippen LogP contribution in [-0.4, -0.2) is 68.1 Å². The fraction of sp³-hybridized carbons (Fsp3) is 0.310. The highest BCUT2D eigenvalue weighted by Gasteiger charge is 2.45. The van der Waals surface area contributed by atoms with E-state index in [0.29, 0.717) is 50.6 Å². The molecule has 1 saturated heterocycles. The van der Waals surface area contributed by atoms with E-state index in [-0.39, 0.29) is 17.6 Å². The third-order valence-electron chi connectivity index (χ3n) is 7.17. The van der Waals surface area contributed by atoms with Gasteiger partial charge in [-0.25, -0.2) is 4.39 Å². The number of methoxy groups -OCH3 is 1. The summed E-state index contributed by atoms with van der Waals surface area (Å²) in [5, 5.41) is 0. The molecular formula is C29H30FN3O3. The largest absolute Gasteiger partial charge is 0.383 e. The van der Waals surface area contributed by atoms with Gasteiger partial charge in [0, 0.05) is 45.4 Å². The van der Waals surface area contributed by atoms with Gasteiger partial charge < -0.3 is 19.4 Å². The molecule has 0 N–H and O–H groups in total. The van der Waals surface area contributed by atoms with E-state index in [1.54, 1.807) is 30.2 Å². The summed E-state index contributed by atoms with van der Waals surface area (Å²) in [7, 11) is 1.61. The van der Waals surface area contributed by atoms with Crippen LogP contribution in [-0.2, 0) is 9.53 Å². The van der Waals surface area contributed by atoms with Crippen LogP contribution >= 0.6 is 0 Å². The molecule has 2 heterocycles. The standard InChI is InChI=1S/C29H30FN3O3/c1-36-20-19-33-27(21-9-3-2-4-10-21)26(22-11-5-6-12-23(22)28(33)34)29(35)32-17-15-31(16-18-32)25-14-8-7-13-24(25)30/h2-14,26-27H,15-20H2,1H3. The number of rotatable bonds is 6. The van der Waals surface area contributed by atoms with Crippen molar-refractivity contribution in [2.75, 3.05) is 51.3 Å². The Kier molecular flexibility index (Phi) is 7.00. The summed E-state index contributed by atoms with van der Waals surface area (Å²) in [6, 6.07) is 23.5. The Bertz CT molecular complexity index is 1230. The number of anilines is 1. The number of hydrogen-bond donors (Lipinski definition) is 0. The summed E-state index contributed by atoms with van der Waals surface area (Å²) in [5.74, 6) is -0.905. The molecule has 2 unspecified atom stereocenters. The van der Waals surface area contributed by atoms with Crippen molar-refractivity contribution < 1.29 is 18.7 Å². The molecule has 5 rings (SSSR count). The summed E-state index contributed by atoms with van der Waals surface area (Å²) < 4.78 is 19.7. The van der Waals surface area contributed by atoms with Crippen LogP contribution in [0.4, 0.5) is 10.1 Å². The zero-order chi connectivity index (χ0) is 25.1. The lowest BCUT2D eigenvalue weighted by atomic mass is 9.78. The van der Waals surface area contributed by atoms with Crippen molar-refractivity contribution in [3.63, 3.8) is 0 Å². The van der Waals surface area contributed by atoms with E-state index in [1.807, 2.05) is 64.4 Å². The molecule has 0 spiro atoms. The highest BCUT2D eigenvalue weighted by atomic mass is 19.1. The Labute approximate surface area is 210 Å². The number of hydrogen-bond acceptors (Lipinski definition) is 4. The highest BCUT2D eigenvalue weighted by molar-refractivity contribution is 6.01.